The number of hydrogen-bond donors (Lipinski definition) is 2. The Morgan fingerprint density at radius 3 is 2.48 bits per heavy atom. The van der Waals surface area contributed by atoms with Crippen molar-refractivity contribution in [1.29, 1.82) is 0 Å². The van der Waals surface area contributed by atoms with Crippen molar-refractivity contribution in [3.05, 3.63) is 53.4 Å². The van der Waals surface area contributed by atoms with Gasteiger partial charge in [0.25, 0.3) is 0 Å². The lowest BCUT2D eigenvalue weighted by molar-refractivity contribution is -0.315. The van der Waals surface area contributed by atoms with E-state index in [0.717, 1.165) is 6.20 Å². The highest BCUT2D eigenvalue weighted by atomic mass is 19.4. The fraction of sp³-hybridized carbons (Fsp3) is 0.400. The number of allylic oxidation sites excluding steroid dienone is 2. The summed E-state index contributed by atoms with van der Waals surface area (Å²) in [5.41, 5.74) is 1.70. The Morgan fingerprint density at radius 2 is 1.86 bits per heavy atom. The van der Waals surface area contributed by atoms with Gasteiger partial charge >= 0.3 is 12.0 Å². The molecule has 0 amide bonds. The number of para-hydroxylation sites is 1. The third-order valence-corrected chi connectivity index (χ3v) is 4.86. The van der Waals surface area contributed by atoms with E-state index in [2.05, 4.69) is 5.43 Å². The van der Waals surface area contributed by atoms with Gasteiger partial charge in [-0.3, -0.25) is 14.6 Å². The normalized spacial score (nSPS) is 25.2. The number of hydrazine groups is 1. The van der Waals surface area contributed by atoms with Gasteiger partial charge in [-0.05, 0) is 24.0 Å². The number of fused-ring (bicyclic) bond motifs is 1. The number of benzene rings is 1. The monoisotopic (exact) mass is 410 g/mol. The SMILES string of the molecule is CN(N/C=C1\C(=O)c2ccccc2OC1(O)C(F)(F)F)C1=CC(=O)CC(C)(C)C1. The van der Waals surface area contributed by atoms with Crippen LogP contribution in [0.5, 0.6) is 5.75 Å². The zero-order chi connectivity index (χ0) is 21.6. The van der Waals surface area contributed by atoms with Crippen LogP contribution in [0.2, 0.25) is 0 Å². The van der Waals surface area contributed by atoms with Crippen molar-refractivity contribution in [2.75, 3.05) is 7.05 Å². The molecule has 0 spiro atoms. The number of aliphatic hydroxyl groups is 1. The van der Waals surface area contributed by atoms with E-state index in [1.165, 1.54) is 42.4 Å². The molecule has 0 radical (unpaired) electrons. The molecule has 3 rings (SSSR count). The zero-order valence-corrected chi connectivity index (χ0v) is 16.1. The van der Waals surface area contributed by atoms with Crippen molar-refractivity contribution in [2.24, 2.45) is 5.41 Å². The van der Waals surface area contributed by atoms with Crippen molar-refractivity contribution in [3.63, 3.8) is 0 Å². The summed E-state index contributed by atoms with van der Waals surface area (Å²) in [4.78, 5) is 24.6. The summed E-state index contributed by atoms with van der Waals surface area (Å²) in [7, 11) is 1.51. The van der Waals surface area contributed by atoms with Crippen LogP contribution in [0.1, 0.15) is 37.0 Å². The molecule has 2 N–H and O–H groups in total. The number of hydrogen-bond acceptors (Lipinski definition) is 6. The van der Waals surface area contributed by atoms with Crippen molar-refractivity contribution in [2.45, 2.75) is 38.7 Å². The standard InChI is InChI=1S/C20H21F3N2O4/c1-18(2)9-12(8-13(26)10-18)25(3)24-11-15-17(27)14-6-4-5-7-16(14)29-19(15,28)20(21,22)23/h4-8,11,24,28H,9-10H2,1-3H3/b15-11+. The first kappa shape index (κ1) is 20.9. The molecule has 9 heteroatoms. The number of alkyl halides is 3. The van der Waals surface area contributed by atoms with E-state index in [9.17, 15) is 27.9 Å². The van der Waals surface area contributed by atoms with Crippen molar-refractivity contribution in [3.8, 4) is 5.75 Å². The minimum absolute atomic E-state index is 0.0923. The fourth-order valence-electron chi connectivity index (χ4n) is 3.40. The minimum Gasteiger partial charge on any atom is -0.449 e. The molecule has 2 aliphatic rings. The summed E-state index contributed by atoms with van der Waals surface area (Å²) in [6.07, 6.45) is -2.23. The van der Waals surface area contributed by atoms with E-state index in [1.807, 2.05) is 13.8 Å². The maximum Gasteiger partial charge on any atom is 0.460 e. The molecule has 1 atom stereocenters. The number of nitrogens with zero attached hydrogens (tertiary/aromatic N) is 1. The molecule has 0 saturated heterocycles. The highest BCUT2D eigenvalue weighted by Gasteiger charge is 2.63. The van der Waals surface area contributed by atoms with E-state index in [0.29, 0.717) is 18.5 Å². The first-order valence-electron chi connectivity index (χ1n) is 8.90. The Morgan fingerprint density at radius 1 is 1.21 bits per heavy atom. The van der Waals surface area contributed by atoms with Gasteiger partial charge < -0.3 is 15.3 Å². The van der Waals surface area contributed by atoms with Gasteiger partial charge in [0.1, 0.15) is 5.75 Å². The first-order valence-corrected chi connectivity index (χ1v) is 8.90. The summed E-state index contributed by atoms with van der Waals surface area (Å²) < 4.78 is 45.6. The lowest BCUT2D eigenvalue weighted by atomic mass is 9.79. The summed E-state index contributed by atoms with van der Waals surface area (Å²) >= 11 is 0. The summed E-state index contributed by atoms with van der Waals surface area (Å²) in [5, 5.41) is 11.6. The lowest BCUT2D eigenvalue weighted by Crippen LogP contribution is -2.56. The van der Waals surface area contributed by atoms with Gasteiger partial charge in [0.05, 0.1) is 11.1 Å². The highest BCUT2D eigenvalue weighted by Crippen LogP contribution is 2.44. The third-order valence-electron chi connectivity index (χ3n) is 4.86. The van der Waals surface area contributed by atoms with Gasteiger partial charge in [0.2, 0.25) is 5.78 Å². The number of halogens is 3. The Bertz CT molecular complexity index is 921. The molecule has 29 heavy (non-hydrogen) atoms. The van der Waals surface area contributed by atoms with Crippen LogP contribution in [0.25, 0.3) is 0 Å². The minimum atomic E-state index is -5.26. The second kappa shape index (κ2) is 6.91. The number of Topliss-reactive ketones (excluding diaryl/α,β-unsaturated/α-hetero) is 1. The highest BCUT2D eigenvalue weighted by molar-refractivity contribution is 6.12. The number of carbonyl (C=O) groups excluding carboxylic acids is 2. The van der Waals surface area contributed by atoms with Gasteiger partial charge in [-0.15, -0.1) is 0 Å². The number of carbonyl (C=O) groups is 2. The molecule has 0 fully saturated rings. The Balaban J connectivity index is 1.95. The average Bonchev–Trinajstić information content (AvgIpc) is 2.58. The smallest absolute Gasteiger partial charge is 0.449 e. The lowest BCUT2D eigenvalue weighted by Gasteiger charge is -2.37. The van der Waals surface area contributed by atoms with Crippen LogP contribution in [0.15, 0.2) is 47.8 Å². The van der Waals surface area contributed by atoms with Crippen LogP contribution >= 0.6 is 0 Å². The van der Waals surface area contributed by atoms with Gasteiger partial charge in [-0.1, -0.05) is 26.0 Å². The maximum absolute atomic E-state index is 13.6. The van der Waals surface area contributed by atoms with Crippen LogP contribution in [-0.2, 0) is 4.79 Å². The molecule has 1 unspecified atom stereocenters. The molecule has 1 aliphatic heterocycles. The zero-order valence-electron chi connectivity index (χ0n) is 16.1. The second-order valence-electron chi connectivity index (χ2n) is 7.94. The van der Waals surface area contributed by atoms with E-state index in [4.69, 9.17) is 4.74 Å². The van der Waals surface area contributed by atoms with Crippen LogP contribution < -0.4 is 10.2 Å². The molecule has 1 heterocycles. The predicted octanol–water partition coefficient (Wildman–Crippen LogP) is 3.11. The molecule has 0 saturated carbocycles. The predicted molar refractivity (Wildman–Crippen MR) is 97.5 cm³/mol. The fourth-order valence-corrected chi connectivity index (χ4v) is 3.40. The largest absolute Gasteiger partial charge is 0.460 e. The van der Waals surface area contributed by atoms with Crippen molar-refractivity contribution in [1.82, 2.24) is 10.4 Å². The Kier molecular flexibility index (Phi) is 4.98. The first-order chi connectivity index (χ1) is 13.3. The molecular formula is C20H21F3N2O4. The number of nitrogens with one attached hydrogen (secondary N) is 1. The van der Waals surface area contributed by atoms with Gasteiger partial charge in [0.15, 0.2) is 5.78 Å². The second-order valence-corrected chi connectivity index (χ2v) is 7.94. The quantitative estimate of drug-likeness (QED) is 0.589. The number of ketones is 2. The third kappa shape index (κ3) is 3.87. The van der Waals surface area contributed by atoms with Gasteiger partial charge in [-0.2, -0.15) is 13.2 Å². The van der Waals surface area contributed by atoms with Crippen molar-refractivity contribution < 1.29 is 32.6 Å². The Labute approximate surface area is 165 Å². The number of rotatable bonds is 3. The molecule has 0 bridgehead atoms. The maximum atomic E-state index is 13.6. The number of ether oxygens (including phenoxy) is 1. The molecule has 6 nitrogen and oxygen atoms in total. The molecule has 156 valence electrons. The molecular weight excluding hydrogens is 389 g/mol. The van der Waals surface area contributed by atoms with E-state index < -0.39 is 23.3 Å². The van der Waals surface area contributed by atoms with Crippen molar-refractivity contribution >= 4 is 11.6 Å². The van der Waals surface area contributed by atoms with Gasteiger partial charge in [-0.25, -0.2) is 0 Å². The molecule has 0 aromatic heterocycles. The van der Waals surface area contributed by atoms with Crippen LogP contribution in [0, 0.1) is 5.41 Å². The molecule has 1 aromatic carbocycles. The van der Waals surface area contributed by atoms with E-state index in [-0.39, 0.29) is 22.5 Å². The molecule has 1 aromatic rings. The summed E-state index contributed by atoms with van der Waals surface area (Å²) in [6, 6.07) is 5.38. The van der Waals surface area contributed by atoms with Crippen LogP contribution in [0.3, 0.4) is 0 Å². The summed E-state index contributed by atoms with van der Waals surface area (Å²) in [6.45, 7) is 3.81. The van der Waals surface area contributed by atoms with E-state index >= 15 is 0 Å². The molecule has 1 aliphatic carbocycles. The Hall–Kier alpha value is -2.81. The average molecular weight is 410 g/mol. The topological polar surface area (TPSA) is 78.9 Å². The van der Waals surface area contributed by atoms with Gasteiger partial charge in [0, 0.05) is 31.4 Å². The van der Waals surface area contributed by atoms with Crippen LogP contribution in [-0.4, -0.2) is 40.7 Å². The summed E-state index contributed by atoms with van der Waals surface area (Å²) in [5.74, 6) is -5.27. The van der Waals surface area contributed by atoms with E-state index in [1.54, 1.807) is 0 Å². The van der Waals surface area contributed by atoms with Crippen LogP contribution in [0.4, 0.5) is 13.2 Å².